The summed E-state index contributed by atoms with van der Waals surface area (Å²) in [6.07, 6.45) is 4.18. The number of nitrogens with one attached hydrogen (secondary N) is 3. The van der Waals surface area contributed by atoms with Gasteiger partial charge in [0.25, 0.3) is 0 Å². The molecule has 1 aromatic heterocycles. The van der Waals surface area contributed by atoms with E-state index in [-0.39, 0.29) is 0 Å². The zero-order valence-corrected chi connectivity index (χ0v) is 15.6. The van der Waals surface area contributed by atoms with Crippen molar-refractivity contribution in [1.82, 2.24) is 19.9 Å². The van der Waals surface area contributed by atoms with Crippen LogP contribution in [0.1, 0.15) is 13.3 Å². The van der Waals surface area contributed by atoms with E-state index in [1.165, 1.54) is 10.9 Å². The highest BCUT2D eigenvalue weighted by atomic mass is 32.2. The molecule has 3 N–H and O–H groups in total. The van der Waals surface area contributed by atoms with Crippen molar-refractivity contribution in [2.75, 3.05) is 32.4 Å². The van der Waals surface area contributed by atoms with Crippen molar-refractivity contribution < 1.29 is 8.42 Å². The molecule has 0 aliphatic rings. The summed E-state index contributed by atoms with van der Waals surface area (Å²) in [4.78, 5) is 4.53. The fourth-order valence-corrected chi connectivity index (χ4v) is 3.00. The first-order valence-corrected chi connectivity index (χ1v) is 10.4. The highest BCUT2D eigenvalue weighted by Gasteiger charge is 2.02. The van der Waals surface area contributed by atoms with Gasteiger partial charge < -0.3 is 15.2 Å². The lowest BCUT2D eigenvalue weighted by molar-refractivity contribution is 0.586. The van der Waals surface area contributed by atoms with Crippen LogP contribution in [0, 0.1) is 0 Å². The van der Waals surface area contributed by atoms with E-state index in [2.05, 4.69) is 55.4 Å². The van der Waals surface area contributed by atoms with E-state index >= 15 is 0 Å². The SMILES string of the molecule is CCNC(=NCCCn1ccc2ccccc21)NCCNS(C)(=O)=O. The number of guanidine groups is 1. The van der Waals surface area contributed by atoms with Crippen LogP contribution >= 0.6 is 0 Å². The Morgan fingerprint density at radius 1 is 1.16 bits per heavy atom. The molecule has 0 amide bonds. The molecule has 0 bridgehead atoms. The monoisotopic (exact) mass is 365 g/mol. The zero-order chi connectivity index (χ0) is 18.1. The van der Waals surface area contributed by atoms with Crippen LogP contribution in [0.15, 0.2) is 41.5 Å². The van der Waals surface area contributed by atoms with E-state index in [0.29, 0.717) is 25.6 Å². The lowest BCUT2D eigenvalue weighted by atomic mass is 10.2. The average Bonchev–Trinajstić information content (AvgIpc) is 2.98. The first-order valence-electron chi connectivity index (χ1n) is 8.50. The number of aryl methyl sites for hydroxylation is 1. The van der Waals surface area contributed by atoms with Crippen molar-refractivity contribution in [1.29, 1.82) is 0 Å². The standard InChI is InChI=1S/C17H27N5O2S/c1-3-18-17(20-11-12-21-25(2,23)24)19-10-6-13-22-14-9-15-7-4-5-8-16(15)22/h4-5,7-9,14,21H,3,6,10-13H2,1-2H3,(H2,18,19,20). The lowest BCUT2D eigenvalue weighted by Crippen LogP contribution is -2.41. The van der Waals surface area contributed by atoms with Crippen LogP contribution in [0.2, 0.25) is 0 Å². The normalized spacial score (nSPS) is 12.5. The molecular weight excluding hydrogens is 338 g/mol. The topological polar surface area (TPSA) is 87.5 Å². The fourth-order valence-electron chi connectivity index (χ4n) is 2.53. The summed E-state index contributed by atoms with van der Waals surface area (Å²) in [7, 11) is -3.15. The second-order valence-corrected chi connectivity index (χ2v) is 7.61. The smallest absolute Gasteiger partial charge is 0.208 e. The Kier molecular flexibility index (Phi) is 7.27. The van der Waals surface area contributed by atoms with E-state index in [1.807, 2.05) is 13.0 Å². The first-order chi connectivity index (χ1) is 12.0. The van der Waals surface area contributed by atoms with E-state index in [0.717, 1.165) is 25.8 Å². The van der Waals surface area contributed by atoms with Crippen LogP contribution in [0.5, 0.6) is 0 Å². The number of para-hydroxylation sites is 1. The van der Waals surface area contributed by atoms with Crippen LogP contribution in [0.3, 0.4) is 0 Å². The molecule has 25 heavy (non-hydrogen) atoms. The molecule has 1 aromatic carbocycles. The predicted molar refractivity (Wildman–Crippen MR) is 103 cm³/mol. The number of hydrogen-bond acceptors (Lipinski definition) is 3. The van der Waals surface area contributed by atoms with Gasteiger partial charge in [-0.25, -0.2) is 13.1 Å². The van der Waals surface area contributed by atoms with Crippen molar-refractivity contribution >= 4 is 26.9 Å². The van der Waals surface area contributed by atoms with Gasteiger partial charge in [0, 0.05) is 44.4 Å². The van der Waals surface area contributed by atoms with Gasteiger partial charge in [-0.15, -0.1) is 0 Å². The van der Waals surface area contributed by atoms with Gasteiger partial charge in [0.15, 0.2) is 5.96 Å². The van der Waals surface area contributed by atoms with E-state index < -0.39 is 10.0 Å². The molecule has 1 heterocycles. The van der Waals surface area contributed by atoms with Crippen molar-refractivity contribution in [2.24, 2.45) is 4.99 Å². The number of rotatable bonds is 9. The molecule has 8 heteroatoms. The summed E-state index contributed by atoms with van der Waals surface area (Å²) in [6.45, 7) is 5.18. The van der Waals surface area contributed by atoms with Crippen molar-refractivity contribution in [3.05, 3.63) is 36.5 Å². The number of hydrogen-bond donors (Lipinski definition) is 3. The Bertz CT molecular complexity index is 798. The van der Waals surface area contributed by atoms with E-state index in [1.54, 1.807) is 0 Å². The van der Waals surface area contributed by atoms with E-state index in [9.17, 15) is 8.42 Å². The lowest BCUT2D eigenvalue weighted by Gasteiger charge is -2.11. The second-order valence-electron chi connectivity index (χ2n) is 5.78. The number of benzene rings is 1. The minimum Gasteiger partial charge on any atom is -0.357 e. The molecule has 0 atom stereocenters. The number of sulfonamides is 1. The molecular formula is C17H27N5O2S. The summed E-state index contributed by atoms with van der Waals surface area (Å²) in [5.41, 5.74) is 1.24. The maximum atomic E-state index is 11.0. The third-order valence-electron chi connectivity index (χ3n) is 3.63. The van der Waals surface area contributed by atoms with Crippen molar-refractivity contribution in [3.63, 3.8) is 0 Å². The summed E-state index contributed by atoms with van der Waals surface area (Å²) in [5.74, 6) is 0.704. The maximum Gasteiger partial charge on any atom is 0.208 e. The summed E-state index contributed by atoms with van der Waals surface area (Å²) in [6, 6.07) is 10.5. The van der Waals surface area contributed by atoms with Crippen LogP contribution in [0.25, 0.3) is 10.9 Å². The van der Waals surface area contributed by atoms with Gasteiger partial charge in [-0.1, -0.05) is 18.2 Å². The van der Waals surface area contributed by atoms with Gasteiger partial charge in [0.1, 0.15) is 0 Å². The zero-order valence-electron chi connectivity index (χ0n) is 14.8. The van der Waals surface area contributed by atoms with Gasteiger partial charge in [0.2, 0.25) is 10.0 Å². The molecule has 138 valence electrons. The summed E-state index contributed by atoms with van der Waals surface area (Å²) >= 11 is 0. The van der Waals surface area contributed by atoms with Crippen molar-refractivity contribution in [3.8, 4) is 0 Å². The Morgan fingerprint density at radius 2 is 1.96 bits per heavy atom. The molecule has 0 aliphatic carbocycles. The summed E-state index contributed by atoms with van der Waals surface area (Å²) in [5, 5.41) is 7.53. The Morgan fingerprint density at radius 3 is 2.72 bits per heavy atom. The minimum atomic E-state index is -3.15. The van der Waals surface area contributed by atoms with Crippen LogP contribution in [0.4, 0.5) is 0 Å². The Labute approximate surface area is 149 Å². The molecule has 0 aliphatic heterocycles. The first kappa shape index (κ1) is 19.3. The largest absolute Gasteiger partial charge is 0.357 e. The highest BCUT2D eigenvalue weighted by molar-refractivity contribution is 7.88. The van der Waals surface area contributed by atoms with Gasteiger partial charge in [0.05, 0.1) is 6.26 Å². The second kappa shape index (κ2) is 9.43. The molecule has 0 unspecified atom stereocenters. The third-order valence-corrected chi connectivity index (χ3v) is 4.36. The number of fused-ring (bicyclic) bond motifs is 1. The quantitative estimate of drug-likeness (QED) is 0.353. The van der Waals surface area contributed by atoms with Crippen LogP contribution in [-0.2, 0) is 16.6 Å². The van der Waals surface area contributed by atoms with Gasteiger partial charge in [-0.3, -0.25) is 4.99 Å². The van der Waals surface area contributed by atoms with E-state index in [4.69, 9.17) is 0 Å². The van der Waals surface area contributed by atoms with Crippen molar-refractivity contribution in [2.45, 2.75) is 19.9 Å². The Hall–Kier alpha value is -2.06. The van der Waals surface area contributed by atoms with Gasteiger partial charge in [-0.05, 0) is 30.9 Å². The van der Waals surface area contributed by atoms with Gasteiger partial charge >= 0.3 is 0 Å². The molecule has 0 spiro atoms. The maximum absolute atomic E-state index is 11.0. The van der Waals surface area contributed by atoms with Gasteiger partial charge in [-0.2, -0.15) is 0 Å². The molecule has 0 saturated heterocycles. The summed E-state index contributed by atoms with van der Waals surface area (Å²) < 4.78 is 26.7. The minimum absolute atomic E-state index is 0.332. The third kappa shape index (κ3) is 6.75. The average molecular weight is 366 g/mol. The number of aliphatic imine (C=N–C) groups is 1. The Balaban J connectivity index is 1.78. The predicted octanol–water partition coefficient (Wildman–Crippen LogP) is 1.14. The number of nitrogens with zero attached hydrogens (tertiary/aromatic N) is 2. The van der Waals surface area contributed by atoms with Crippen LogP contribution < -0.4 is 15.4 Å². The fraction of sp³-hybridized carbons (Fsp3) is 0.471. The highest BCUT2D eigenvalue weighted by Crippen LogP contribution is 2.15. The van der Waals surface area contributed by atoms with Crippen LogP contribution in [-0.4, -0.2) is 51.4 Å². The molecule has 0 saturated carbocycles. The number of aromatic nitrogens is 1. The molecule has 0 radical (unpaired) electrons. The molecule has 2 rings (SSSR count). The molecule has 2 aromatic rings. The molecule has 7 nitrogen and oxygen atoms in total. The molecule has 0 fully saturated rings.